The molecule has 0 aromatic heterocycles. The number of nitriles is 1. The van der Waals surface area contributed by atoms with Gasteiger partial charge in [0, 0.05) is 19.3 Å². The largest absolute Gasteiger partial charge is 0.381 e. The number of hydrogen-bond acceptors (Lipinski definition) is 3. The second kappa shape index (κ2) is 8.49. The standard InChI is InChI=1S/C14H26N2O/c1-12(2)16-14(10-15)8-9-17-11-13-6-4-3-5-7-13/h12-14,16H,3-9,11H2,1-2H3. The summed E-state index contributed by atoms with van der Waals surface area (Å²) in [5.41, 5.74) is 0. The van der Waals surface area contributed by atoms with E-state index in [2.05, 4.69) is 25.2 Å². The number of nitrogens with zero attached hydrogens (tertiary/aromatic N) is 1. The maximum Gasteiger partial charge on any atom is 0.0976 e. The Labute approximate surface area is 106 Å². The lowest BCUT2D eigenvalue weighted by Crippen LogP contribution is -2.34. The molecule has 1 N–H and O–H groups in total. The quantitative estimate of drug-likeness (QED) is 0.694. The molecule has 0 radical (unpaired) electrons. The van der Waals surface area contributed by atoms with Crippen molar-refractivity contribution >= 4 is 0 Å². The fourth-order valence-electron chi connectivity index (χ4n) is 2.39. The molecule has 98 valence electrons. The Morgan fingerprint density at radius 2 is 2.00 bits per heavy atom. The molecule has 1 atom stereocenters. The monoisotopic (exact) mass is 238 g/mol. The van der Waals surface area contributed by atoms with Crippen molar-refractivity contribution in [2.45, 2.75) is 64.5 Å². The molecule has 17 heavy (non-hydrogen) atoms. The van der Waals surface area contributed by atoms with Gasteiger partial charge in [-0.05, 0) is 39.0 Å². The Morgan fingerprint density at radius 3 is 2.59 bits per heavy atom. The van der Waals surface area contributed by atoms with Gasteiger partial charge < -0.3 is 4.74 Å². The molecule has 0 aliphatic heterocycles. The molecular formula is C14H26N2O. The first kappa shape index (κ1) is 14.5. The summed E-state index contributed by atoms with van der Waals surface area (Å²) < 4.78 is 5.70. The highest BCUT2D eigenvalue weighted by molar-refractivity contribution is 4.90. The van der Waals surface area contributed by atoms with E-state index in [0.717, 1.165) is 18.9 Å². The van der Waals surface area contributed by atoms with E-state index in [9.17, 15) is 0 Å². The molecule has 1 rings (SSSR count). The van der Waals surface area contributed by atoms with E-state index in [0.29, 0.717) is 12.6 Å². The fourth-order valence-corrected chi connectivity index (χ4v) is 2.39. The SMILES string of the molecule is CC(C)NC(C#N)CCOCC1CCCCC1. The lowest BCUT2D eigenvalue weighted by Gasteiger charge is -2.21. The van der Waals surface area contributed by atoms with E-state index in [1.807, 2.05) is 0 Å². The first-order valence-electron chi connectivity index (χ1n) is 6.95. The first-order chi connectivity index (χ1) is 8.22. The summed E-state index contributed by atoms with van der Waals surface area (Å²) in [6.07, 6.45) is 7.57. The van der Waals surface area contributed by atoms with Gasteiger partial charge in [-0.1, -0.05) is 19.3 Å². The summed E-state index contributed by atoms with van der Waals surface area (Å²) in [6, 6.07) is 2.57. The van der Waals surface area contributed by atoms with Crippen molar-refractivity contribution in [3.8, 4) is 6.07 Å². The third kappa shape index (κ3) is 6.65. The molecule has 0 aromatic carbocycles. The Hall–Kier alpha value is -0.590. The topological polar surface area (TPSA) is 45.0 Å². The smallest absolute Gasteiger partial charge is 0.0976 e. The molecule has 3 nitrogen and oxygen atoms in total. The van der Waals surface area contributed by atoms with E-state index in [-0.39, 0.29) is 6.04 Å². The minimum Gasteiger partial charge on any atom is -0.381 e. The van der Waals surface area contributed by atoms with Crippen LogP contribution in [0, 0.1) is 17.2 Å². The van der Waals surface area contributed by atoms with E-state index in [4.69, 9.17) is 10.00 Å². The van der Waals surface area contributed by atoms with Gasteiger partial charge in [-0.3, -0.25) is 5.32 Å². The van der Waals surface area contributed by atoms with Gasteiger partial charge in [-0.2, -0.15) is 5.26 Å². The zero-order valence-corrected chi connectivity index (χ0v) is 11.2. The van der Waals surface area contributed by atoms with Crippen molar-refractivity contribution in [1.29, 1.82) is 5.26 Å². The fraction of sp³-hybridized carbons (Fsp3) is 0.929. The summed E-state index contributed by atoms with van der Waals surface area (Å²) in [7, 11) is 0. The van der Waals surface area contributed by atoms with E-state index >= 15 is 0 Å². The van der Waals surface area contributed by atoms with Crippen LogP contribution in [-0.2, 0) is 4.74 Å². The van der Waals surface area contributed by atoms with Crippen LogP contribution in [-0.4, -0.2) is 25.3 Å². The molecule has 0 spiro atoms. The van der Waals surface area contributed by atoms with Crippen molar-refractivity contribution in [3.63, 3.8) is 0 Å². The van der Waals surface area contributed by atoms with Crippen LogP contribution in [0.25, 0.3) is 0 Å². The van der Waals surface area contributed by atoms with E-state index in [1.165, 1.54) is 32.1 Å². The number of hydrogen-bond donors (Lipinski definition) is 1. The van der Waals surface area contributed by atoms with Gasteiger partial charge in [-0.15, -0.1) is 0 Å². The molecule has 0 saturated heterocycles. The van der Waals surface area contributed by atoms with Gasteiger partial charge >= 0.3 is 0 Å². The average Bonchev–Trinajstić information content (AvgIpc) is 2.34. The van der Waals surface area contributed by atoms with Crippen LogP contribution < -0.4 is 5.32 Å². The Balaban J connectivity index is 2.04. The van der Waals surface area contributed by atoms with Crippen molar-refractivity contribution in [2.75, 3.05) is 13.2 Å². The van der Waals surface area contributed by atoms with Gasteiger partial charge in [0.15, 0.2) is 0 Å². The van der Waals surface area contributed by atoms with Crippen LogP contribution >= 0.6 is 0 Å². The summed E-state index contributed by atoms with van der Waals surface area (Å²) in [6.45, 7) is 5.72. The van der Waals surface area contributed by atoms with Crippen LogP contribution in [0.1, 0.15) is 52.4 Å². The molecule has 0 aromatic rings. The van der Waals surface area contributed by atoms with Crippen LogP contribution in [0.15, 0.2) is 0 Å². The minimum absolute atomic E-state index is 0.0682. The molecule has 1 aliphatic carbocycles. The summed E-state index contributed by atoms with van der Waals surface area (Å²) >= 11 is 0. The predicted octanol–water partition coefficient (Wildman–Crippen LogP) is 2.86. The van der Waals surface area contributed by atoms with E-state index in [1.54, 1.807) is 0 Å². The molecule has 0 heterocycles. The highest BCUT2D eigenvalue weighted by atomic mass is 16.5. The molecule has 1 unspecified atom stereocenters. The number of nitrogens with one attached hydrogen (secondary N) is 1. The van der Waals surface area contributed by atoms with Gasteiger partial charge in [-0.25, -0.2) is 0 Å². The Bertz CT molecular complexity index is 229. The molecule has 1 aliphatic rings. The lowest BCUT2D eigenvalue weighted by atomic mass is 9.90. The predicted molar refractivity (Wildman–Crippen MR) is 69.7 cm³/mol. The molecule has 1 fully saturated rings. The summed E-state index contributed by atoms with van der Waals surface area (Å²) in [5, 5.41) is 12.2. The van der Waals surface area contributed by atoms with Crippen molar-refractivity contribution in [3.05, 3.63) is 0 Å². The minimum atomic E-state index is -0.0682. The highest BCUT2D eigenvalue weighted by Crippen LogP contribution is 2.23. The van der Waals surface area contributed by atoms with Crippen LogP contribution in [0.3, 0.4) is 0 Å². The second-order valence-electron chi connectivity index (χ2n) is 5.37. The van der Waals surface area contributed by atoms with Crippen molar-refractivity contribution < 1.29 is 4.74 Å². The van der Waals surface area contributed by atoms with Crippen molar-refractivity contribution in [1.82, 2.24) is 5.32 Å². The second-order valence-corrected chi connectivity index (χ2v) is 5.37. The maximum atomic E-state index is 8.95. The zero-order chi connectivity index (χ0) is 12.5. The Kier molecular flexibility index (Phi) is 7.23. The first-order valence-corrected chi connectivity index (χ1v) is 6.95. The maximum absolute atomic E-state index is 8.95. The van der Waals surface area contributed by atoms with Crippen LogP contribution in [0.2, 0.25) is 0 Å². The summed E-state index contributed by atoms with van der Waals surface area (Å²) in [4.78, 5) is 0. The van der Waals surface area contributed by atoms with Gasteiger partial charge in [0.05, 0.1) is 12.1 Å². The van der Waals surface area contributed by atoms with Crippen molar-refractivity contribution in [2.24, 2.45) is 5.92 Å². The zero-order valence-electron chi connectivity index (χ0n) is 11.2. The third-order valence-electron chi connectivity index (χ3n) is 3.32. The molecule has 3 heteroatoms. The molecular weight excluding hydrogens is 212 g/mol. The van der Waals surface area contributed by atoms with Crippen LogP contribution in [0.4, 0.5) is 0 Å². The molecule has 0 bridgehead atoms. The Morgan fingerprint density at radius 1 is 1.29 bits per heavy atom. The average molecular weight is 238 g/mol. The number of ether oxygens (including phenoxy) is 1. The van der Waals surface area contributed by atoms with Gasteiger partial charge in [0.25, 0.3) is 0 Å². The molecule has 1 saturated carbocycles. The van der Waals surface area contributed by atoms with Gasteiger partial charge in [0.1, 0.15) is 0 Å². The summed E-state index contributed by atoms with van der Waals surface area (Å²) in [5.74, 6) is 0.766. The molecule has 0 amide bonds. The normalized spacial score (nSPS) is 19.2. The highest BCUT2D eigenvalue weighted by Gasteiger charge is 2.14. The number of rotatable bonds is 7. The lowest BCUT2D eigenvalue weighted by molar-refractivity contribution is 0.0808. The van der Waals surface area contributed by atoms with Crippen LogP contribution in [0.5, 0.6) is 0 Å². The third-order valence-corrected chi connectivity index (χ3v) is 3.32. The van der Waals surface area contributed by atoms with E-state index < -0.39 is 0 Å². The van der Waals surface area contributed by atoms with Gasteiger partial charge in [0.2, 0.25) is 0 Å².